The fraction of sp³-hybridized carbons (Fsp3) is 0.167. The summed E-state index contributed by atoms with van der Waals surface area (Å²) < 4.78 is 11.4. The highest BCUT2D eigenvalue weighted by Crippen LogP contribution is 2.31. The molecule has 4 nitrogen and oxygen atoms in total. The SMILES string of the molecule is CCOc1cc(/C=C/C(N)=O)ccc1OCc1ccc(Cl)cc1Cl. The molecule has 0 bridgehead atoms. The van der Waals surface area contributed by atoms with E-state index in [0.717, 1.165) is 11.1 Å². The van der Waals surface area contributed by atoms with Crippen LogP contribution in [0.5, 0.6) is 11.5 Å². The first-order chi connectivity index (χ1) is 11.5. The van der Waals surface area contributed by atoms with Crippen molar-refractivity contribution >= 4 is 35.2 Å². The van der Waals surface area contributed by atoms with Crippen molar-refractivity contribution < 1.29 is 14.3 Å². The van der Waals surface area contributed by atoms with E-state index in [2.05, 4.69) is 0 Å². The van der Waals surface area contributed by atoms with Crippen LogP contribution >= 0.6 is 23.2 Å². The molecule has 0 radical (unpaired) electrons. The quantitative estimate of drug-likeness (QED) is 0.736. The van der Waals surface area contributed by atoms with E-state index in [4.69, 9.17) is 38.4 Å². The van der Waals surface area contributed by atoms with E-state index in [-0.39, 0.29) is 6.61 Å². The highest BCUT2D eigenvalue weighted by molar-refractivity contribution is 6.35. The highest BCUT2D eigenvalue weighted by Gasteiger charge is 2.08. The maximum atomic E-state index is 10.8. The zero-order chi connectivity index (χ0) is 17.5. The van der Waals surface area contributed by atoms with E-state index in [9.17, 15) is 4.79 Å². The number of primary amides is 1. The van der Waals surface area contributed by atoms with Crippen molar-refractivity contribution in [3.8, 4) is 11.5 Å². The number of amides is 1. The summed E-state index contributed by atoms with van der Waals surface area (Å²) in [6, 6.07) is 10.6. The Balaban J connectivity index is 2.17. The third-order valence-corrected chi connectivity index (χ3v) is 3.69. The van der Waals surface area contributed by atoms with Crippen LogP contribution in [0.2, 0.25) is 10.0 Å². The van der Waals surface area contributed by atoms with Gasteiger partial charge in [0, 0.05) is 21.7 Å². The maximum absolute atomic E-state index is 10.8. The largest absolute Gasteiger partial charge is 0.490 e. The van der Waals surface area contributed by atoms with Crippen LogP contribution in [0.1, 0.15) is 18.1 Å². The lowest BCUT2D eigenvalue weighted by atomic mass is 10.2. The number of halogens is 2. The van der Waals surface area contributed by atoms with Gasteiger partial charge in [0.2, 0.25) is 5.91 Å². The fourth-order valence-corrected chi connectivity index (χ4v) is 2.45. The van der Waals surface area contributed by atoms with Crippen molar-refractivity contribution in [1.82, 2.24) is 0 Å². The number of carbonyl (C=O) groups excluding carboxylic acids is 1. The normalized spacial score (nSPS) is 10.8. The number of carbonyl (C=O) groups is 1. The molecule has 2 rings (SSSR count). The van der Waals surface area contributed by atoms with Gasteiger partial charge in [-0.3, -0.25) is 4.79 Å². The molecule has 24 heavy (non-hydrogen) atoms. The summed E-state index contributed by atoms with van der Waals surface area (Å²) in [4.78, 5) is 10.8. The fourth-order valence-electron chi connectivity index (χ4n) is 1.99. The predicted octanol–water partition coefficient (Wildman–Crippen LogP) is 4.47. The number of rotatable bonds is 7. The van der Waals surface area contributed by atoms with Gasteiger partial charge in [-0.05, 0) is 42.8 Å². The van der Waals surface area contributed by atoms with Crippen LogP contribution in [0.25, 0.3) is 6.08 Å². The first kappa shape index (κ1) is 18.2. The summed E-state index contributed by atoms with van der Waals surface area (Å²) in [5.74, 6) is 0.652. The third-order valence-electron chi connectivity index (χ3n) is 3.11. The van der Waals surface area contributed by atoms with Gasteiger partial charge < -0.3 is 15.2 Å². The van der Waals surface area contributed by atoms with Gasteiger partial charge in [-0.1, -0.05) is 35.3 Å². The maximum Gasteiger partial charge on any atom is 0.241 e. The smallest absolute Gasteiger partial charge is 0.241 e. The van der Waals surface area contributed by atoms with Crippen molar-refractivity contribution in [2.75, 3.05) is 6.61 Å². The Hall–Kier alpha value is -2.17. The van der Waals surface area contributed by atoms with Crippen LogP contribution in [-0.4, -0.2) is 12.5 Å². The standard InChI is InChI=1S/C18H17Cl2NO3/c1-2-23-17-9-12(4-8-18(21)22)3-7-16(17)24-11-13-5-6-14(19)10-15(13)20/h3-10H,2,11H2,1H3,(H2,21,22)/b8-4+. The average molecular weight is 366 g/mol. The van der Waals surface area contributed by atoms with Crippen molar-refractivity contribution in [3.05, 3.63) is 63.6 Å². The Labute approximate surface area is 150 Å². The Bertz CT molecular complexity index is 760. The molecule has 0 aliphatic rings. The van der Waals surface area contributed by atoms with Gasteiger partial charge in [0.05, 0.1) is 6.61 Å². The Kier molecular flexibility index (Phi) is 6.53. The molecule has 0 saturated heterocycles. The molecule has 2 aromatic rings. The molecule has 0 aliphatic carbocycles. The molecule has 0 saturated carbocycles. The molecular formula is C18H17Cl2NO3. The number of nitrogens with two attached hydrogens (primary N) is 1. The van der Waals surface area contributed by atoms with Crippen LogP contribution in [0.4, 0.5) is 0 Å². The van der Waals surface area contributed by atoms with Crippen molar-refractivity contribution in [1.29, 1.82) is 0 Å². The summed E-state index contributed by atoms with van der Waals surface area (Å²) in [5.41, 5.74) is 6.71. The van der Waals surface area contributed by atoms with Gasteiger partial charge in [0.15, 0.2) is 11.5 Å². The van der Waals surface area contributed by atoms with E-state index in [1.54, 1.807) is 36.4 Å². The van der Waals surface area contributed by atoms with Crippen molar-refractivity contribution in [2.45, 2.75) is 13.5 Å². The molecule has 6 heteroatoms. The molecule has 2 N–H and O–H groups in total. The van der Waals surface area contributed by atoms with Crippen molar-refractivity contribution in [3.63, 3.8) is 0 Å². The van der Waals surface area contributed by atoms with Crippen LogP contribution in [-0.2, 0) is 11.4 Å². The second-order valence-electron chi connectivity index (χ2n) is 4.90. The summed E-state index contributed by atoms with van der Waals surface area (Å²) >= 11 is 12.0. The molecule has 2 aromatic carbocycles. The number of hydrogen-bond acceptors (Lipinski definition) is 3. The first-order valence-electron chi connectivity index (χ1n) is 7.30. The highest BCUT2D eigenvalue weighted by atomic mass is 35.5. The van der Waals surface area contributed by atoms with Gasteiger partial charge in [0.25, 0.3) is 0 Å². The van der Waals surface area contributed by atoms with E-state index in [1.165, 1.54) is 6.08 Å². The second kappa shape index (κ2) is 8.62. The summed E-state index contributed by atoms with van der Waals surface area (Å²) in [5, 5.41) is 1.12. The average Bonchev–Trinajstić information content (AvgIpc) is 2.53. The second-order valence-corrected chi connectivity index (χ2v) is 5.74. The van der Waals surface area contributed by atoms with E-state index >= 15 is 0 Å². The van der Waals surface area contributed by atoms with Crippen LogP contribution in [0.15, 0.2) is 42.5 Å². The number of benzene rings is 2. The van der Waals surface area contributed by atoms with Gasteiger partial charge in [-0.15, -0.1) is 0 Å². The van der Waals surface area contributed by atoms with E-state index in [0.29, 0.717) is 28.2 Å². The van der Waals surface area contributed by atoms with Gasteiger partial charge in [-0.25, -0.2) is 0 Å². The van der Waals surface area contributed by atoms with Crippen LogP contribution in [0, 0.1) is 0 Å². The molecule has 0 heterocycles. The lowest BCUT2D eigenvalue weighted by Gasteiger charge is -2.13. The first-order valence-corrected chi connectivity index (χ1v) is 8.06. The molecular weight excluding hydrogens is 349 g/mol. The summed E-state index contributed by atoms with van der Waals surface area (Å²) in [6.07, 6.45) is 2.91. The molecule has 0 fully saturated rings. The lowest BCUT2D eigenvalue weighted by molar-refractivity contribution is -0.113. The molecule has 0 unspecified atom stereocenters. The monoisotopic (exact) mass is 365 g/mol. The lowest BCUT2D eigenvalue weighted by Crippen LogP contribution is -2.05. The topological polar surface area (TPSA) is 61.5 Å². The molecule has 1 amide bonds. The zero-order valence-electron chi connectivity index (χ0n) is 13.1. The summed E-state index contributed by atoms with van der Waals surface area (Å²) in [6.45, 7) is 2.65. The zero-order valence-corrected chi connectivity index (χ0v) is 14.6. The molecule has 0 atom stereocenters. The molecule has 0 aliphatic heterocycles. The van der Waals surface area contributed by atoms with Crippen molar-refractivity contribution in [2.24, 2.45) is 5.73 Å². The van der Waals surface area contributed by atoms with E-state index < -0.39 is 5.91 Å². The predicted molar refractivity (Wildman–Crippen MR) is 96.6 cm³/mol. The number of hydrogen-bond donors (Lipinski definition) is 1. The number of ether oxygens (including phenoxy) is 2. The molecule has 0 aromatic heterocycles. The molecule has 0 spiro atoms. The summed E-state index contributed by atoms with van der Waals surface area (Å²) in [7, 11) is 0. The van der Waals surface area contributed by atoms with Gasteiger partial charge >= 0.3 is 0 Å². The van der Waals surface area contributed by atoms with Gasteiger partial charge in [-0.2, -0.15) is 0 Å². The minimum Gasteiger partial charge on any atom is -0.490 e. The van der Waals surface area contributed by atoms with Crippen LogP contribution in [0.3, 0.4) is 0 Å². The van der Waals surface area contributed by atoms with Crippen LogP contribution < -0.4 is 15.2 Å². The Morgan fingerprint density at radius 2 is 1.92 bits per heavy atom. The molecule has 126 valence electrons. The Morgan fingerprint density at radius 1 is 1.12 bits per heavy atom. The third kappa shape index (κ3) is 5.18. The minimum atomic E-state index is -0.509. The Morgan fingerprint density at radius 3 is 2.58 bits per heavy atom. The van der Waals surface area contributed by atoms with E-state index in [1.807, 2.05) is 13.0 Å². The van der Waals surface area contributed by atoms with Gasteiger partial charge in [0.1, 0.15) is 6.61 Å². The minimum absolute atomic E-state index is 0.284.